The van der Waals surface area contributed by atoms with Crippen molar-refractivity contribution in [2.45, 2.75) is 24.3 Å². The van der Waals surface area contributed by atoms with Crippen LogP contribution in [0.5, 0.6) is 0 Å². The van der Waals surface area contributed by atoms with Crippen molar-refractivity contribution in [1.29, 1.82) is 0 Å². The zero-order chi connectivity index (χ0) is 14.8. The van der Waals surface area contributed by atoms with Gasteiger partial charge in [-0.15, -0.1) is 0 Å². The number of carbonyl (C=O) groups is 1. The Morgan fingerprint density at radius 3 is 2.58 bits per heavy atom. The van der Waals surface area contributed by atoms with Crippen LogP contribution in [0.15, 0.2) is 27.6 Å². The molecule has 0 bridgehead atoms. The molecule has 8 heteroatoms. The molecule has 0 saturated carbocycles. The van der Waals surface area contributed by atoms with E-state index in [0.29, 0.717) is 10.0 Å². The van der Waals surface area contributed by atoms with Crippen LogP contribution in [0.4, 0.5) is 0 Å². The van der Waals surface area contributed by atoms with Crippen molar-refractivity contribution in [3.63, 3.8) is 0 Å². The second-order valence-corrected chi connectivity index (χ2v) is 6.86. The zero-order valence-corrected chi connectivity index (χ0v) is 12.7. The van der Waals surface area contributed by atoms with Gasteiger partial charge in [-0.2, -0.15) is 0 Å². The SMILES string of the molecule is Cc1c(Br)cccc1S(=O)(=O)NCC(C)(O)C(=O)O. The van der Waals surface area contributed by atoms with E-state index in [0.717, 1.165) is 6.92 Å². The smallest absolute Gasteiger partial charge is 0.336 e. The monoisotopic (exact) mass is 351 g/mol. The third-order valence-corrected chi connectivity index (χ3v) is 4.98. The van der Waals surface area contributed by atoms with Crippen LogP contribution < -0.4 is 4.72 Å². The molecule has 0 heterocycles. The van der Waals surface area contributed by atoms with Gasteiger partial charge in [-0.05, 0) is 31.5 Å². The molecule has 6 nitrogen and oxygen atoms in total. The van der Waals surface area contributed by atoms with Crippen LogP contribution >= 0.6 is 15.9 Å². The van der Waals surface area contributed by atoms with E-state index in [4.69, 9.17) is 5.11 Å². The van der Waals surface area contributed by atoms with Gasteiger partial charge in [-0.25, -0.2) is 17.9 Å². The normalized spacial score (nSPS) is 14.9. The van der Waals surface area contributed by atoms with E-state index in [-0.39, 0.29) is 4.90 Å². The summed E-state index contributed by atoms with van der Waals surface area (Å²) in [5.74, 6) is -1.50. The van der Waals surface area contributed by atoms with E-state index >= 15 is 0 Å². The summed E-state index contributed by atoms with van der Waals surface area (Å²) in [6.07, 6.45) is 0. The molecule has 0 aliphatic rings. The van der Waals surface area contributed by atoms with Gasteiger partial charge in [0.2, 0.25) is 10.0 Å². The third-order valence-electron chi connectivity index (χ3n) is 2.57. The lowest BCUT2D eigenvalue weighted by atomic mass is 10.1. The first-order valence-electron chi connectivity index (χ1n) is 5.28. The number of aliphatic carboxylic acids is 1. The standard InChI is InChI=1S/C11H14BrNO5S/c1-7-8(12)4-3-5-9(7)19(17,18)13-6-11(2,16)10(14)15/h3-5,13,16H,6H2,1-2H3,(H,14,15). The molecular formula is C11H14BrNO5S. The van der Waals surface area contributed by atoms with E-state index in [1.54, 1.807) is 19.1 Å². The van der Waals surface area contributed by atoms with E-state index in [9.17, 15) is 18.3 Å². The summed E-state index contributed by atoms with van der Waals surface area (Å²) >= 11 is 3.22. The van der Waals surface area contributed by atoms with Crippen molar-refractivity contribution < 1.29 is 23.4 Å². The Morgan fingerprint density at radius 2 is 2.05 bits per heavy atom. The van der Waals surface area contributed by atoms with Gasteiger partial charge in [-0.1, -0.05) is 22.0 Å². The Balaban J connectivity index is 3.01. The first-order chi connectivity index (χ1) is 8.58. The third kappa shape index (κ3) is 3.75. The van der Waals surface area contributed by atoms with Crippen LogP contribution in [-0.2, 0) is 14.8 Å². The molecule has 19 heavy (non-hydrogen) atoms. The molecule has 1 aromatic rings. The Bertz CT molecular complexity index is 597. The predicted octanol–water partition coefficient (Wildman–Crippen LogP) is 0.871. The lowest BCUT2D eigenvalue weighted by molar-refractivity contribution is -0.155. The fraction of sp³-hybridized carbons (Fsp3) is 0.364. The highest BCUT2D eigenvalue weighted by Gasteiger charge is 2.32. The highest BCUT2D eigenvalue weighted by Crippen LogP contribution is 2.23. The molecule has 1 atom stereocenters. The summed E-state index contributed by atoms with van der Waals surface area (Å²) in [4.78, 5) is 10.7. The number of rotatable bonds is 5. The van der Waals surface area contributed by atoms with Crippen molar-refractivity contribution in [3.8, 4) is 0 Å². The number of sulfonamides is 1. The highest BCUT2D eigenvalue weighted by atomic mass is 79.9. The number of benzene rings is 1. The molecule has 106 valence electrons. The molecule has 0 aromatic heterocycles. The summed E-state index contributed by atoms with van der Waals surface area (Å²) in [6.45, 7) is 2.02. The molecule has 1 aromatic carbocycles. The van der Waals surface area contributed by atoms with Crippen molar-refractivity contribution >= 4 is 31.9 Å². The second-order valence-electron chi connectivity index (χ2n) is 4.27. The topological polar surface area (TPSA) is 104 Å². The summed E-state index contributed by atoms with van der Waals surface area (Å²) in [7, 11) is -3.88. The van der Waals surface area contributed by atoms with Crippen LogP contribution in [0.2, 0.25) is 0 Å². The predicted molar refractivity (Wildman–Crippen MR) is 72.3 cm³/mol. The average molecular weight is 352 g/mol. The van der Waals surface area contributed by atoms with Crippen molar-refractivity contribution in [1.82, 2.24) is 4.72 Å². The second kappa shape index (κ2) is 5.58. The Labute approximate surface area is 119 Å². The van der Waals surface area contributed by atoms with E-state index < -0.39 is 28.1 Å². The molecule has 0 fully saturated rings. The summed E-state index contributed by atoms with van der Waals surface area (Å²) in [6, 6.07) is 4.65. The zero-order valence-electron chi connectivity index (χ0n) is 10.3. The maximum absolute atomic E-state index is 12.0. The van der Waals surface area contributed by atoms with Gasteiger partial charge >= 0.3 is 5.97 Å². The van der Waals surface area contributed by atoms with Crippen LogP contribution in [0.3, 0.4) is 0 Å². The number of carboxylic acid groups (broad SMARTS) is 1. The van der Waals surface area contributed by atoms with Gasteiger partial charge in [0.15, 0.2) is 5.60 Å². The van der Waals surface area contributed by atoms with Crippen molar-refractivity contribution in [2.24, 2.45) is 0 Å². The minimum atomic E-state index is -3.88. The highest BCUT2D eigenvalue weighted by molar-refractivity contribution is 9.10. The number of hydrogen-bond donors (Lipinski definition) is 3. The van der Waals surface area contributed by atoms with Crippen LogP contribution in [0, 0.1) is 6.92 Å². The van der Waals surface area contributed by atoms with Gasteiger partial charge < -0.3 is 10.2 Å². The number of nitrogens with one attached hydrogen (secondary N) is 1. The number of carboxylic acids is 1. The molecule has 0 radical (unpaired) electrons. The Morgan fingerprint density at radius 1 is 1.47 bits per heavy atom. The Kier molecular flexibility index (Phi) is 4.72. The molecule has 1 unspecified atom stereocenters. The summed E-state index contributed by atoms with van der Waals surface area (Å²) < 4.78 is 26.8. The Hall–Kier alpha value is -0.960. The molecule has 0 amide bonds. The quantitative estimate of drug-likeness (QED) is 0.730. The van der Waals surface area contributed by atoms with Crippen molar-refractivity contribution in [3.05, 3.63) is 28.2 Å². The lowest BCUT2D eigenvalue weighted by Gasteiger charge is -2.19. The number of aliphatic hydroxyl groups is 1. The number of hydrogen-bond acceptors (Lipinski definition) is 4. The van der Waals surface area contributed by atoms with Crippen LogP contribution in [0.1, 0.15) is 12.5 Å². The maximum atomic E-state index is 12.0. The van der Waals surface area contributed by atoms with Crippen LogP contribution in [0.25, 0.3) is 0 Å². The van der Waals surface area contributed by atoms with E-state index in [1.165, 1.54) is 6.07 Å². The minimum Gasteiger partial charge on any atom is -0.479 e. The van der Waals surface area contributed by atoms with Gasteiger partial charge in [-0.3, -0.25) is 0 Å². The molecule has 0 saturated heterocycles. The average Bonchev–Trinajstić information content (AvgIpc) is 2.30. The molecule has 0 aliphatic heterocycles. The van der Waals surface area contributed by atoms with E-state index in [1.807, 2.05) is 0 Å². The minimum absolute atomic E-state index is 0.0306. The van der Waals surface area contributed by atoms with E-state index in [2.05, 4.69) is 20.7 Å². The van der Waals surface area contributed by atoms with Gasteiger partial charge in [0, 0.05) is 4.47 Å². The maximum Gasteiger partial charge on any atom is 0.336 e. The molecular weight excluding hydrogens is 338 g/mol. The van der Waals surface area contributed by atoms with Gasteiger partial charge in [0.25, 0.3) is 0 Å². The van der Waals surface area contributed by atoms with Gasteiger partial charge in [0.1, 0.15) is 0 Å². The number of halogens is 1. The molecule has 0 aliphatic carbocycles. The molecule has 1 rings (SSSR count). The fourth-order valence-corrected chi connectivity index (χ4v) is 3.16. The first kappa shape index (κ1) is 16.1. The van der Waals surface area contributed by atoms with Crippen LogP contribution in [-0.4, -0.2) is 36.7 Å². The summed E-state index contributed by atoms with van der Waals surface area (Å²) in [5.41, 5.74) is -1.66. The van der Waals surface area contributed by atoms with Gasteiger partial charge in [0.05, 0.1) is 11.4 Å². The largest absolute Gasteiger partial charge is 0.479 e. The molecule has 0 spiro atoms. The molecule has 3 N–H and O–H groups in total. The van der Waals surface area contributed by atoms with Crippen molar-refractivity contribution in [2.75, 3.05) is 6.54 Å². The first-order valence-corrected chi connectivity index (χ1v) is 7.56. The fourth-order valence-electron chi connectivity index (χ4n) is 1.27. The lowest BCUT2D eigenvalue weighted by Crippen LogP contribution is -2.46. The summed E-state index contributed by atoms with van der Waals surface area (Å²) in [5, 5.41) is 18.2.